The van der Waals surface area contributed by atoms with Gasteiger partial charge in [0, 0.05) is 25.8 Å². The quantitative estimate of drug-likeness (QED) is 0.501. The molecular weight excluding hydrogens is 457 g/mol. The predicted octanol–water partition coefficient (Wildman–Crippen LogP) is 4.77. The molecule has 172 valence electrons. The second-order valence-corrected chi connectivity index (χ2v) is 9.21. The van der Waals surface area contributed by atoms with Gasteiger partial charge in [-0.2, -0.15) is 0 Å². The van der Waals surface area contributed by atoms with Gasteiger partial charge in [0.2, 0.25) is 5.91 Å². The number of likely N-dealkylation sites (tertiary alicyclic amines) is 1. The number of hydrogen-bond acceptors (Lipinski definition) is 4. The number of carbonyl (C=O) groups excluding carboxylic acids is 1. The van der Waals surface area contributed by atoms with Crippen molar-refractivity contribution >= 4 is 29.1 Å². The molecule has 0 spiro atoms. The average Bonchev–Trinajstić information content (AvgIpc) is 3.24. The molecule has 2 aromatic carbocycles. The van der Waals surface area contributed by atoms with Crippen LogP contribution >= 0.6 is 23.2 Å². The van der Waals surface area contributed by atoms with Crippen LogP contribution in [-0.2, 0) is 17.8 Å². The van der Waals surface area contributed by atoms with E-state index in [9.17, 15) is 9.90 Å². The molecule has 0 unspecified atom stereocenters. The van der Waals surface area contributed by atoms with E-state index in [4.69, 9.17) is 23.2 Å². The van der Waals surface area contributed by atoms with Crippen molar-refractivity contribution in [1.29, 1.82) is 0 Å². The lowest BCUT2D eigenvalue weighted by molar-refractivity contribution is -0.134. The Labute approximate surface area is 204 Å². The molecule has 1 N–H and O–H groups in total. The number of nitrogens with zero attached hydrogens (tertiary/aromatic N) is 3. The lowest BCUT2D eigenvalue weighted by Gasteiger charge is -2.35. The summed E-state index contributed by atoms with van der Waals surface area (Å²) in [5.74, 6) is -0.0207. The number of hydrogen-bond donors (Lipinski definition) is 1. The van der Waals surface area contributed by atoms with Gasteiger partial charge in [-0.3, -0.25) is 14.7 Å². The SMILES string of the molecule is O=C(Cc1ccc(Cl)c(Cl)c1)N(Cc1ccccn1)[C@H](CN1CC[C@H](O)C1)c1ccccc1. The molecule has 2 atom stereocenters. The third kappa shape index (κ3) is 6.33. The van der Waals surface area contributed by atoms with Crippen LogP contribution in [0.1, 0.15) is 29.3 Å². The Morgan fingerprint density at radius 1 is 1.09 bits per heavy atom. The van der Waals surface area contributed by atoms with Gasteiger partial charge in [-0.05, 0) is 41.8 Å². The third-order valence-electron chi connectivity index (χ3n) is 5.96. The fourth-order valence-electron chi connectivity index (χ4n) is 4.25. The molecule has 7 heteroatoms. The maximum atomic E-state index is 13.7. The minimum atomic E-state index is -0.322. The zero-order valence-corrected chi connectivity index (χ0v) is 19.8. The first-order valence-corrected chi connectivity index (χ1v) is 11.8. The molecule has 5 nitrogen and oxygen atoms in total. The van der Waals surface area contributed by atoms with Gasteiger partial charge in [-0.15, -0.1) is 0 Å². The molecule has 0 bridgehead atoms. The lowest BCUT2D eigenvalue weighted by Crippen LogP contribution is -2.41. The number of rotatable bonds is 8. The molecule has 3 aromatic rings. The van der Waals surface area contributed by atoms with Gasteiger partial charge in [0.05, 0.1) is 40.9 Å². The van der Waals surface area contributed by atoms with E-state index in [1.165, 1.54) is 0 Å². The van der Waals surface area contributed by atoms with Crippen molar-refractivity contribution in [2.45, 2.75) is 31.5 Å². The summed E-state index contributed by atoms with van der Waals surface area (Å²) in [7, 11) is 0. The highest BCUT2D eigenvalue weighted by molar-refractivity contribution is 6.42. The zero-order valence-electron chi connectivity index (χ0n) is 18.3. The Kier molecular flexibility index (Phi) is 7.99. The summed E-state index contributed by atoms with van der Waals surface area (Å²) >= 11 is 12.3. The summed E-state index contributed by atoms with van der Waals surface area (Å²) in [4.78, 5) is 22.3. The molecule has 33 heavy (non-hydrogen) atoms. The summed E-state index contributed by atoms with van der Waals surface area (Å²) in [5.41, 5.74) is 2.68. The standard InChI is InChI=1S/C26H27Cl2N3O2/c27-23-10-9-19(14-24(23)28)15-26(33)31(16-21-8-4-5-12-29-21)25(20-6-2-1-3-7-20)18-30-13-11-22(32)17-30/h1-10,12,14,22,25,32H,11,13,15-18H2/t22-,25+/m0/s1. The summed E-state index contributed by atoms with van der Waals surface area (Å²) in [6, 6.07) is 20.9. The van der Waals surface area contributed by atoms with Crippen LogP contribution in [0.25, 0.3) is 0 Å². The highest BCUT2D eigenvalue weighted by atomic mass is 35.5. The van der Waals surface area contributed by atoms with Crippen molar-refractivity contribution in [2.75, 3.05) is 19.6 Å². The maximum absolute atomic E-state index is 13.7. The number of pyridine rings is 1. The number of β-amino-alcohol motifs (C(OH)–C–C–N with tert-alkyl or cyclic N) is 1. The van der Waals surface area contributed by atoms with Crippen molar-refractivity contribution in [3.8, 4) is 0 Å². The monoisotopic (exact) mass is 483 g/mol. The fourth-order valence-corrected chi connectivity index (χ4v) is 4.57. The van der Waals surface area contributed by atoms with Crippen molar-refractivity contribution < 1.29 is 9.90 Å². The minimum absolute atomic E-state index is 0.0207. The Morgan fingerprint density at radius 3 is 2.55 bits per heavy atom. The van der Waals surface area contributed by atoms with Gasteiger partial charge in [0.15, 0.2) is 0 Å². The van der Waals surface area contributed by atoms with Gasteiger partial charge in [-0.1, -0.05) is 65.7 Å². The van der Waals surface area contributed by atoms with Crippen molar-refractivity contribution in [3.05, 3.63) is 99.8 Å². The molecule has 0 radical (unpaired) electrons. The molecule has 0 saturated carbocycles. The molecule has 1 fully saturated rings. The minimum Gasteiger partial charge on any atom is -0.392 e. The number of amides is 1. The molecular formula is C26H27Cl2N3O2. The number of aliphatic hydroxyl groups excluding tert-OH is 1. The lowest BCUT2D eigenvalue weighted by atomic mass is 10.0. The molecule has 1 aliphatic rings. The Balaban J connectivity index is 1.66. The summed E-state index contributed by atoms with van der Waals surface area (Å²) in [5, 5.41) is 11.0. The summed E-state index contributed by atoms with van der Waals surface area (Å²) < 4.78 is 0. The Morgan fingerprint density at radius 2 is 1.88 bits per heavy atom. The van der Waals surface area contributed by atoms with Gasteiger partial charge < -0.3 is 10.0 Å². The molecule has 1 saturated heterocycles. The van der Waals surface area contributed by atoms with E-state index in [0.29, 0.717) is 29.7 Å². The fraction of sp³-hybridized carbons (Fsp3) is 0.308. The topological polar surface area (TPSA) is 56.7 Å². The van der Waals surface area contributed by atoms with Gasteiger partial charge in [-0.25, -0.2) is 0 Å². The zero-order chi connectivity index (χ0) is 23.2. The Hall–Kier alpha value is -2.44. The van der Waals surface area contributed by atoms with Crippen LogP contribution in [0.4, 0.5) is 0 Å². The predicted molar refractivity (Wildman–Crippen MR) is 131 cm³/mol. The number of halogens is 2. The Bertz CT molecular complexity index is 1070. The first-order valence-electron chi connectivity index (χ1n) is 11.1. The highest BCUT2D eigenvalue weighted by Crippen LogP contribution is 2.28. The number of aliphatic hydroxyl groups is 1. The third-order valence-corrected chi connectivity index (χ3v) is 6.70. The second kappa shape index (κ2) is 11.1. The van der Waals surface area contributed by atoms with Gasteiger partial charge >= 0.3 is 0 Å². The highest BCUT2D eigenvalue weighted by Gasteiger charge is 2.30. The number of carbonyl (C=O) groups is 1. The van der Waals surface area contributed by atoms with Crippen LogP contribution in [-0.4, -0.2) is 51.5 Å². The number of aromatic nitrogens is 1. The van der Waals surface area contributed by atoms with E-state index < -0.39 is 0 Å². The van der Waals surface area contributed by atoms with Crippen LogP contribution in [0.15, 0.2) is 72.9 Å². The normalized spacial score (nSPS) is 17.1. The molecule has 1 amide bonds. The van der Waals surface area contributed by atoms with Crippen LogP contribution in [0.2, 0.25) is 10.0 Å². The summed E-state index contributed by atoms with van der Waals surface area (Å²) in [6.07, 6.45) is 2.37. The van der Waals surface area contributed by atoms with Crippen LogP contribution in [0, 0.1) is 0 Å². The molecule has 1 aromatic heterocycles. The van der Waals surface area contributed by atoms with Gasteiger partial charge in [0.25, 0.3) is 0 Å². The van der Waals surface area contributed by atoms with Crippen molar-refractivity contribution in [3.63, 3.8) is 0 Å². The van der Waals surface area contributed by atoms with E-state index in [0.717, 1.165) is 29.8 Å². The first kappa shape index (κ1) is 23.7. The maximum Gasteiger partial charge on any atom is 0.227 e. The smallest absolute Gasteiger partial charge is 0.227 e. The molecule has 4 rings (SSSR count). The molecule has 1 aliphatic heterocycles. The van der Waals surface area contributed by atoms with E-state index in [2.05, 4.69) is 22.0 Å². The van der Waals surface area contributed by atoms with Crippen molar-refractivity contribution in [1.82, 2.24) is 14.8 Å². The first-order chi connectivity index (χ1) is 16.0. The van der Waals surface area contributed by atoms with Crippen LogP contribution in [0.3, 0.4) is 0 Å². The van der Waals surface area contributed by atoms with Crippen molar-refractivity contribution in [2.24, 2.45) is 0 Å². The van der Waals surface area contributed by atoms with E-state index in [-0.39, 0.29) is 24.5 Å². The molecule has 2 heterocycles. The van der Waals surface area contributed by atoms with E-state index >= 15 is 0 Å². The van der Waals surface area contributed by atoms with Gasteiger partial charge in [0.1, 0.15) is 0 Å². The summed E-state index contributed by atoms with van der Waals surface area (Å²) in [6.45, 7) is 2.45. The largest absolute Gasteiger partial charge is 0.392 e. The van der Waals surface area contributed by atoms with Crippen LogP contribution < -0.4 is 0 Å². The molecule has 0 aliphatic carbocycles. The van der Waals surface area contributed by atoms with E-state index in [1.54, 1.807) is 18.3 Å². The van der Waals surface area contributed by atoms with Crippen LogP contribution in [0.5, 0.6) is 0 Å². The average molecular weight is 484 g/mol. The number of benzene rings is 2. The van der Waals surface area contributed by atoms with E-state index in [1.807, 2.05) is 47.4 Å². The second-order valence-electron chi connectivity index (χ2n) is 8.40.